The zero-order valence-corrected chi connectivity index (χ0v) is 10.9. The average molecular weight is 225 g/mol. The Kier molecular flexibility index (Phi) is 4.62. The maximum Gasteiger partial charge on any atom is 0.0346 e. The molecule has 2 saturated heterocycles. The lowest BCUT2D eigenvalue weighted by Crippen LogP contribution is -2.62. The standard InChI is InChI=1S/C13H27N3/c1-3-5-12(4-2)15-6-8-16(9-7-15)13-10-14-11-13/h12-14H,3-11H2,1-2H3. The summed E-state index contributed by atoms with van der Waals surface area (Å²) in [5.74, 6) is 0. The Labute approximate surface area is 100 Å². The molecule has 0 aromatic carbocycles. The predicted octanol–water partition coefficient (Wildman–Crippen LogP) is 1.15. The lowest BCUT2D eigenvalue weighted by Gasteiger charge is -2.45. The molecule has 3 nitrogen and oxygen atoms in total. The monoisotopic (exact) mass is 225 g/mol. The molecular weight excluding hydrogens is 198 g/mol. The molecule has 0 spiro atoms. The van der Waals surface area contributed by atoms with Gasteiger partial charge in [0.2, 0.25) is 0 Å². The van der Waals surface area contributed by atoms with Gasteiger partial charge in [0, 0.05) is 51.4 Å². The first-order chi connectivity index (χ1) is 7.85. The van der Waals surface area contributed by atoms with Crippen molar-refractivity contribution < 1.29 is 0 Å². The number of hydrogen-bond donors (Lipinski definition) is 1. The van der Waals surface area contributed by atoms with E-state index in [1.54, 1.807) is 0 Å². The lowest BCUT2D eigenvalue weighted by atomic mass is 10.0. The van der Waals surface area contributed by atoms with Crippen LogP contribution < -0.4 is 5.32 Å². The molecular formula is C13H27N3. The second kappa shape index (κ2) is 5.99. The molecule has 0 bridgehead atoms. The molecule has 0 amide bonds. The van der Waals surface area contributed by atoms with Gasteiger partial charge in [-0.3, -0.25) is 9.80 Å². The Morgan fingerprint density at radius 1 is 1.12 bits per heavy atom. The number of rotatable bonds is 5. The fourth-order valence-corrected chi connectivity index (χ4v) is 2.98. The highest BCUT2D eigenvalue weighted by atomic mass is 15.3. The van der Waals surface area contributed by atoms with Gasteiger partial charge in [0.05, 0.1) is 0 Å². The van der Waals surface area contributed by atoms with Crippen molar-refractivity contribution in [1.29, 1.82) is 0 Å². The predicted molar refractivity (Wildman–Crippen MR) is 68.8 cm³/mol. The number of piperazine rings is 1. The molecule has 0 aromatic heterocycles. The van der Waals surface area contributed by atoms with E-state index in [0.717, 1.165) is 12.1 Å². The molecule has 94 valence electrons. The molecule has 0 aliphatic carbocycles. The van der Waals surface area contributed by atoms with E-state index in [9.17, 15) is 0 Å². The van der Waals surface area contributed by atoms with Crippen molar-refractivity contribution in [2.24, 2.45) is 0 Å². The summed E-state index contributed by atoms with van der Waals surface area (Å²) < 4.78 is 0. The van der Waals surface area contributed by atoms with E-state index in [0.29, 0.717) is 0 Å². The minimum atomic E-state index is 0.840. The molecule has 3 heteroatoms. The summed E-state index contributed by atoms with van der Waals surface area (Å²) in [7, 11) is 0. The highest BCUT2D eigenvalue weighted by Crippen LogP contribution is 2.16. The molecule has 0 saturated carbocycles. The van der Waals surface area contributed by atoms with Gasteiger partial charge < -0.3 is 5.32 Å². The van der Waals surface area contributed by atoms with Crippen molar-refractivity contribution in [3.05, 3.63) is 0 Å². The summed E-state index contributed by atoms with van der Waals surface area (Å²) in [6.45, 7) is 12.2. The van der Waals surface area contributed by atoms with E-state index in [1.807, 2.05) is 0 Å². The maximum absolute atomic E-state index is 3.37. The summed E-state index contributed by atoms with van der Waals surface area (Å²) in [4.78, 5) is 5.39. The van der Waals surface area contributed by atoms with Crippen molar-refractivity contribution in [2.45, 2.75) is 45.2 Å². The molecule has 2 fully saturated rings. The van der Waals surface area contributed by atoms with E-state index >= 15 is 0 Å². The van der Waals surface area contributed by atoms with Gasteiger partial charge in [0.15, 0.2) is 0 Å². The minimum absolute atomic E-state index is 0.840. The van der Waals surface area contributed by atoms with E-state index in [4.69, 9.17) is 0 Å². The van der Waals surface area contributed by atoms with E-state index < -0.39 is 0 Å². The van der Waals surface area contributed by atoms with E-state index in [-0.39, 0.29) is 0 Å². The normalized spacial score (nSPS) is 26.6. The highest BCUT2D eigenvalue weighted by Gasteiger charge is 2.29. The average Bonchev–Trinajstić information content (AvgIpc) is 2.25. The van der Waals surface area contributed by atoms with Crippen molar-refractivity contribution in [3.8, 4) is 0 Å². The van der Waals surface area contributed by atoms with Crippen LogP contribution in [0.15, 0.2) is 0 Å². The van der Waals surface area contributed by atoms with Crippen molar-refractivity contribution >= 4 is 0 Å². The molecule has 1 unspecified atom stereocenters. The number of nitrogens with zero attached hydrogens (tertiary/aromatic N) is 2. The third-order valence-corrected chi connectivity index (χ3v) is 4.23. The van der Waals surface area contributed by atoms with Gasteiger partial charge >= 0.3 is 0 Å². The SMILES string of the molecule is CCCC(CC)N1CCN(C2CNC2)CC1. The van der Waals surface area contributed by atoms with Crippen molar-refractivity contribution in [3.63, 3.8) is 0 Å². The molecule has 16 heavy (non-hydrogen) atoms. The van der Waals surface area contributed by atoms with Crippen LogP contribution in [-0.2, 0) is 0 Å². The first-order valence-electron chi connectivity index (χ1n) is 7.04. The summed E-state index contributed by atoms with van der Waals surface area (Å²) >= 11 is 0. The minimum Gasteiger partial charge on any atom is -0.314 e. The van der Waals surface area contributed by atoms with E-state index in [1.165, 1.54) is 58.5 Å². The van der Waals surface area contributed by atoms with Gasteiger partial charge in [-0.15, -0.1) is 0 Å². The van der Waals surface area contributed by atoms with E-state index in [2.05, 4.69) is 29.0 Å². The van der Waals surface area contributed by atoms with Crippen LogP contribution in [-0.4, -0.2) is 61.2 Å². The van der Waals surface area contributed by atoms with Gasteiger partial charge in [-0.05, 0) is 12.8 Å². The molecule has 2 aliphatic rings. The molecule has 0 aromatic rings. The first kappa shape index (κ1) is 12.3. The van der Waals surface area contributed by atoms with Crippen LogP contribution in [0.25, 0.3) is 0 Å². The smallest absolute Gasteiger partial charge is 0.0346 e. The fraction of sp³-hybridized carbons (Fsp3) is 1.00. The van der Waals surface area contributed by atoms with Crippen molar-refractivity contribution in [1.82, 2.24) is 15.1 Å². The van der Waals surface area contributed by atoms with Crippen LogP contribution in [0, 0.1) is 0 Å². The summed E-state index contributed by atoms with van der Waals surface area (Å²) in [5.41, 5.74) is 0. The number of nitrogens with one attached hydrogen (secondary N) is 1. The Balaban J connectivity index is 1.74. The van der Waals surface area contributed by atoms with Crippen LogP contribution in [0.1, 0.15) is 33.1 Å². The van der Waals surface area contributed by atoms with Crippen molar-refractivity contribution in [2.75, 3.05) is 39.3 Å². The van der Waals surface area contributed by atoms with Crippen LogP contribution in [0.3, 0.4) is 0 Å². The summed E-state index contributed by atoms with van der Waals surface area (Å²) in [6.07, 6.45) is 4.02. The van der Waals surface area contributed by atoms with Crippen LogP contribution in [0.5, 0.6) is 0 Å². The third-order valence-electron chi connectivity index (χ3n) is 4.23. The maximum atomic E-state index is 3.37. The zero-order chi connectivity index (χ0) is 11.4. The zero-order valence-electron chi connectivity index (χ0n) is 10.9. The Morgan fingerprint density at radius 2 is 1.81 bits per heavy atom. The molecule has 1 atom stereocenters. The first-order valence-corrected chi connectivity index (χ1v) is 7.04. The third kappa shape index (κ3) is 2.76. The molecule has 2 aliphatic heterocycles. The summed E-state index contributed by atoms with van der Waals surface area (Å²) in [6, 6.07) is 1.68. The molecule has 0 radical (unpaired) electrons. The second-order valence-corrected chi connectivity index (χ2v) is 5.23. The van der Waals surface area contributed by atoms with Gasteiger partial charge in [-0.1, -0.05) is 20.3 Å². The Bertz CT molecular complexity index is 195. The molecule has 2 rings (SSSR count). The largest absolute Gasteiger partial charge is 0.314 e. The number of hydrogen-bond acceptors (Lipinski definition) is 3. The Hall–Kier alpha value is -0.120. The lowest BCUT2D eigenvalue weighted by molar-refractivity contribution is 0.0483. The topological polar surface area (TPSA) is 18.5 Å². The van der Waals surface area contributed by atoms with Crippen LogP contribution in [0.4, 0.5) is 0 Å². The highest BCUT2D eigenvalue weighted by molar-refractivity contribution is 4.88. The second-order valence-electron chi connectivity index (χ2n) is 5.23. The van der Waals surface area contributed by atoms with Gasteiger partial charge in [0.25, 0.3) is 0 Å². The van der Waals surface area contributed by atoms with Gasteiger partial charge in [0.1, 0.15) is 0 Å². The van der Waals surface area contributed by atoms with Gasteiger partial charge in [-0.2, -0.15) is 0 Å². The Morgan fingerprint density at radius 3 is 2.25 bits per heavy atom. The summed E-state index contributed by atoms with van der Waals surface area (Å²) in [5, 5.41) is 3.37. The molecule has 2 heterocycles. The fourth-order valence-electron chi connectivity index (χ4n) is 2.98. The van der Waals surface area contributed by atoms with Crippen LogP contribution in [0.2, 0.25) is 0 Å². The van der Waals surface area contributed by atoms with Gasteiger partial charge in [-0.25, -0.2) is 0 Å². The van der Waals surface area contributed by atoms with Crippen LogP contribution >= 0.6 is 0 Å². The quantitative estimate of drug-likeness (QED) is 0.757. The molecule has 1 N–H and O–H groups in total.